The van der Waals surface area contributed by atoms with E-state index in [-0.39, 0.29) is 10.6 Å². The second-order valence-corrected chi connectivity index (χ2v) is 6.39. The number of amides is 1. The number of nitrogens with two attached hydrogens (primary N) is 1. The number of aromatic nitrogens is 1. The first-order chi connectivity index (χ1) is 10.4. The van der Waals surface area contributed by atoms with Crippen LogP contribution in [0.4, 0.5) is 5.69 Å². The molecule has 1 aromatic carbocycles. The molecule has 0 aliphatic heterocycles. The Hall–Kier alpha value is -2.45. The highest BCUT2D eigenvalue weighted by atomic mass is 32.2. The molecule has 2 aromatic rings. The van der Waals surface area contributed by atoms with Crippen molar-refractivity contribution in [3.05, 3.63) is 53.9 Å². The van der Waals surface area contributed by atoms with Crippen LogP contribution in [0.15, 0.2) is 47.5 Å². The van der Waals surface area contributed by atoms with Gasteiger partial charge in [-0.05, 0) is 36.9 Å². The molecule has 0 atom stereocenters. The maximum Gasteiger partial charge on any atom is 0.267 e. The first kappa shape index (κ1) is 15.9. The van der Waals surface area contributed by atoms with Gasteiger partial charge in [0.05, 0.1) is 4.90 Å². The van der Waals surface area contributed by atoms with Gasteiger partial charge in [-0.1, -0.05) is 12.1 Å². The van der Waals surface area contributed by atoms with Crippen molar-refractivity contribution < 1.29 is 13.2 Å². The standard InChI is InChI=1S/C14H16N4O3S/c1-16-22(20,21)12-4-2-3-10(7-12)9-18-11-5-6-17-13(8-11)14(15)19/h2-8,16H,9H2,1H3,(H2,15,19)(H,17,18). The highest BCUT2D eigenvalue weighted by Gasteiger charge is 2.11. The summed E-state index contributed by atoms with van der Waals surface area (Å²) in [6.45, 7) is 0.398. The smallest absolute Gasteiger partial charge is 0.267 e. The van der Waals surface area contributed by atoms with Crippen LogP contribution in [-0.4, -0.2) is 26.4 Å². The van der Waals surface area contributed by atoms with Gasteiger partial charge in [0.2, 0.25) is 10.0 Å². The molecule has 1 heterocycles. The van der Waals surface area contributed by atoms with E-state index in [1.165, 1.54) is 25.4 Å². The molecule has 0 fully saturated rings. The number of nitrogens with zero attached hydrogens (tertiary/aromatic N) is 1. The Kier molecular flexibility index (Phi) is 4.74. The van der Waals surface area contributed by atoms with Crippen molar-refractivity contribution in [1.82, 2.24) is 9.71 Å². The largest absolute Gasteiger partial charge is 0.381 e. The predicted octanol–water partition coefficient (Wildman–Crippen LogP) is 0.701. The van der Waals surface area contributed by atoms with E-state index >= 15 is 0 Å². The SMILES string of the molecule is CNS(=O)(=O)c1cccc(CNc2ccnc(C(N)=O)c2)c1. The first-order valence-corrected chi connectivity index (χ1v) is 7.93. The molecule has 7 nitrogen and oxygen atoms in total. The molecule has 2 rings (SSSR count). The fourth-order valence-corrected chi connectivity index (χ4v) is 2.62. The maximum atomic E-state index is 11.8. The highest BCUT2D eigenvalue weighted by molar-refractivity contribution is 7.89. The van der Waals surface area contributed by atoms with Crippen molar-refractivity contribution in [2.24, 2.45) is 5.73 Å². The lowest BCUT2D eigenvalue weighted by Gasteiger charge is -2.09. The van der Waals surface area contributed by atoms with E-state index in [1.807, 2.05) is 0 Å². The molecule has 0 bridgehead atoms. The predicted molar refractivity (Wildman–Crippen MR) is 82.8 cm³/mol. The lowest BCUT2D eigenvalue weighted by molar-refractivity contribution is 0.0995. The molecular formula is C14H16N4O3S. The van der Waals surface area contributed by atoms with Crippen molar-refractivity contribution >= 4 is 21.6 Å². The molecule has 0 saturated carbocycles. The Bertz CT molecular complexity index is 790. The number of rotatable bonds is 6. The Morgan fingerprint density at radius 3 is 2.73 bits per heavy atom. The Morgan fingerprint density at radius 1 is 1.27 bits per heavy atom. The van der Waals surface area contributed by atoms with Crippen LogP contribution in [-0.2, 0) is 16.6 Å². The number of primary amides is 1. The van der Waals surface area contributed by atoms with E-state index in [0.29, 0.717) is 12.2 Å². The number of pyridine rings is 1. The van der Waals surface area contributed by atoms with Gasteiger partial charge in [-0.3, -0.25) is 9.78 Å². The van der Waals surface area contributed by atoms with Gasteiger partial charge in [0.25, 0.3) is 5.91 Å². The van der Waals surface area contributed by atoms with E-state index in [9.17, 15) is 13.2 Å². The minimum atomic E-state index is -3.47. The summed E-state index contributed by atoms with van der Waals surface area (Å²) in [5.41, 5.74) is 6.79. The van der Waals surface area contributed by atoms with Crippen LogP contribution in [0, 0.1) is 0 Å². The molecule has 0 aliphatic carbocycles. The van der Waals surface area contributed by atoms with Crippen LogP contribution in [0.25, 0.3) is 0 Å². The number of carbonyl (C=O) groups excluding carboxylic acids is 1. The number of benzene rings is 1. The molecule has 1 amide bonds. The summed E-state index contributed by atoms with van der Waals surface area (Å²) in [6, 6.07) is 9.81. The number of anilines is 1. The van der Waals surface area contributed by atoms with Crippen molar-refractivity contribution in [2.75, 3.05) is 12.4 Å². The van der Waals surface area contributed by atoms with Crippen LogP contribution in [0.5, 0.6) is 0 Å². The van der Waals surface area contributed by atoms with Gasteiger partial charge in [-0.25, -0.2) is 13.1 Å². The molecule has 0 unspecified atom stereocenters. The third kappa shape index (κ3) is 3.80. The Balaban J connectivity index is 2.14. The summed E-state index contributed by atoms with van der Waals surface area (Å²) in [7, 11) is -2.11. The Morgan fingerprint density at radius 2 is 2.05 bits per heavy atom. The zero-order chi connectivity index (χ0) is 16.2. The van der Waals surface area contributed by atoms with Crippen LogP contribution < -0.4 is 15.8 Å². The van der Waals surface area contributed by atoms with E-state index in [1.54, 1.807) is 24.3 Å². The fraction of sp³-hybridized carbons (Fsp3) is 0.143. The van der Waals surface area contributed by atoms with Crippen molar-refractivity contribution in [3.8, 4) is 0 Å². The zero-order valence-corrected chi connectivity index (χ0v) is 12.7. The second kappa shape index (κ2) is 6.54. The van der Waals surface area contributed by atoms with Crippen molar-refractivity contribution in [1.29, 1.82) is 0 Å². The number of carbonyl (C=O) groups is 1. The van der Waals surface area contributed by atoms with Gasteiger partial charge >= 0.3 is 0 Å². The first-order valence-electron chi connectivity index (χ1n) is 6.44. The van der Waals surface area contributed by atoms with Crippen molar-refractivity contribution in [3.63, 3.8) is 0 Å². The second-order valence-electron chi connectivity index (χ2n) is 4.50. The van der Waals surface area contributed by atoms with Gasteiger partial charge in [0.15, 0.2) is 0 Å². The highest BCUT2D eigenvalue weighted by Crippen LogP contribution is 2.14. The quantitative estimate of drug-likeness (QED) is 0.725. The van der Waals surface area contributed by atoms with Gasteiger partial charge in [-0.15, -0.1) is 0 Å². The molecule has 0 spiro atoms. The van der Waals surface area contributed by atoms with E-state index in [0.717, 1.165) is 5.56 Å². The van der Waals surface area contributed by atoms with Gasteiger partial charge in [-0.2, -0.15) is 0 Å². The van der Waals surface area contributed by atoms with Crippen LogP contribution >= 0.6 is 0 Å². The molecule has 116 valence electrons. The third-order valence-corrected chi connectivity index (χ3v) is 4.40. The summed E-state index contributed by atoms with van der Waals surface area (Å²) >= 11 is 0. The number of hydrogen-bond acceptors (Lipinski definition) is 5. The molecule has 4 N–H and O–H groups in total. The number of sulfonamides is 1. The zero-order valence-electron chi connectivity index (χ0n) is 11.9. The lowest BCUT2D eigenvalue weighted by atomic mass is 10.2. The van der Waals surface area contributed by atoms with E-state index in [2.05, 4.69) is 15.0 Å². The van der Waals surface area contributed by atoms with Gasteiger partial charge < -0.3 is 11.1 Å². The maximum absolute atomic E-state index is 11.8. The molecular weight excluding hydrogens is 304 g/mol. The van der Waals surface area contributed by atoms with Gasteiger partial charge in [0.1, 0.15) is 5.69 Å². The average molecular weight is 320 g/mol. The van der Waals surface area contributed by atoms with E-state index < -0.39 is 15.9 Å². The molecule has 0 aliphatic rings. The lowest BCUT2D eigenvalue weighted by Crippen LogP contribution is -2.18. The molecule has 0 saturated heterocycles. The van der Waals surface area contributed by atoms with Crippen molar-refractivity contribution in [2.45, 2.75) is 11.4 Å². The fourth-order valence-electron chi connectivity index (χ4n) is 1.82. The summed E-state index contributed by atoms with van der Waals surface area (Å²) in [5, 5.41) is 3.09. The Labute approximate surface area is 128 Å². The summed E-state index contributed by atoms with van der Waals surface area (Å²) < 4.78 is 25.8. The number of nitrogens with one attached hydrogen (secondary N) is 2. The third-order valence-electron chi connectivity index (χ3n) is 2.99. The summed E-state index contributed by atoms with van der Waals surface area (Å²) in [6.07, 6.45) is 1.48. The van der Waals surface area contributed by atoms with Crippen LogP contribution in [0.3, 0.4) is 0 Å². The summed E-state index contributed by atoms with van der Waals surface area (Å²) in [5.74, 6) is -0.606. The normalized spacial score (nSPS) is 11.1. The topological polar surface area (TPSA) is 114 Å². The minimum absolute atomic E-state index is 0.163. The van der Waals surface area contributed by atoms with E-state index in [4.69, 9.17) is 5.73 Å². The molecule has 1 aromatic heterocycles. The molecule has 0 radical (unpaired) electrons. The van der Waals surface area contributed by atoms with Crippen LogP contribution in [0.2, 0.25) is 0 Å². The van der Waals surface area contributed by atoms with Crippen LogP contribution in [0.1, 0.15) is 16.1 Å². The molecule has 22 heavy (non-hydrogen) atoms. The van der Waals surface area contributed by atoms with Gasteiger partial charge in [0, 0.05) is 18.4 Å². The minimum Gasteiger partial charge on any atom is -0.381 e. The molecule has 8 heteroatoms. The average Bonchev–Trinajstić information content (AvgIpc) is 2.53. The monoisotopic (exact) mass is 320 g/mol. The number of hydrogen-bond donors (Lipinski definition) is 3. The summed E-state index contributed by atoms with van der Waals surface area (Å²) in [4.78, 5) is 15.1.